The van der Waals surface area contributed by atoms with Crippen molar-refractivity contribution in [3.63, 3.8) is 0 Å². The monoisotopic (exact) mass is 318 g/mol. The summed E-state index contributed by atoms with van der Waals surface area (Å²) in [5.41, 5.74) is -0.814. The minimum Gasteiger partial charge on any atom is -0.480 e. The van der Waals surface area contributed by atoms with Gasteiger partial charge in [0, 0.05) is 29.0 Å². The molecule has 2 heterocycles. The Morgan fingerprint density at radius 2 is 1.65 bits per heavy atom. The second-order valence-corrected chi connectivity index (χ2v) is 6.45. The fraction of sp³-hybridized carbons (Fsp3) is 0.312. The summed E-state index contributed by atoms with van der Waals surface area (Å²) in [5, 5.41) is 21.0. The van der Waals surface area contributed by atoms with Gasteiger partial charge in [-0.25, -0.2) is 4.79 Å². The van der Waals surface area contributed by atoms with Gasteiger partial charge in [0.1, 0.15) is 11.0 Å². The maximum atomic E-state index is 11.7. The molecule has 0 radical (unpaired) electrons. The van der Waals surface area contributed by atoms with Crippen LogP contribution in [0.25, 0.3) is 12.2 Å². The van der Waals surface area contributed by atoms with Gasteiger partial charge < -0.3 is 19.4 Å². The minimum atomic E-state index is -2.28. The van der Waals surface area contributed by atoms with Crippen LogP contribution in [0.5, 0.6) is 5.95 Å². The number of Topliss-reactive ketones (excluding diaryl/α,β-unsaturated/α-hetero) is 2. The number of hydrogen-bond acceptors (Lipinski definition) is 7. The molecule has 2 aliphatic rings. The number of cyclic esters (lactones) is 1. The zero-order chi connectivity index (χ0) is 17.2. The van der Waals surface area contributed by atoms with E-state index in [1.807, 2.05) is 0 Å². The van der Waals surface area contributed by atoms with Crippen LogP contribution in [0.3, 0.4) is 0 Å². The summed E-state index contributed by atoms with van der Waals surface area (Å²) in [5.74, 6) is -5.42. The zero-order valence-electron chi connectivity index (χ0n) is 12.7. The quantitative estimate of drug-likeness (QED) is 0.523. The summed E-state index contributed by atoms with van der Waals surface area (Å²) >= 11 is 0. The van der Waals surface area contributed by atoms with Crippen LogP contribution in [-0.4, -0.2) is 27.7 Å². The van der Waals surface area contributed by atoms with Crippen molar-refractivity contribution in [3.05, 3.63) is 27.8 Å². The molecule has 3 rings (SSSR count). The second kappa shape index (κ2) is 4.42. The fourth-order valence-electron chi connectivity index (χ4n) is 2.78. The number of aromatic hydroxyl groups is 1. The van der Waals surface area contributed by atoms with Crippen LogP contribution in [0, 0.1) is 5.41 Å². The largest absolute Gasteiger partial charge is 0.480 e. The number of aliphatic hydroxyl groups is 1. The van der Waals surface area contributed by atoms with Crippen LogP contribution in [0.4, 0.5) is 0 Å². The van der Waals surface area contributed by atoms with Crippen molar-refractivity contribution >= 4 is 29.7 Å². The van der Waals surface area contributed by atoms with E-state index in [-0.39, 0.29) is 21.8 Å². The van der Waals surface area contributed by atoms with Gasteiger partial charge in [-0.2, -0.15) is 0 Å². The molecule has 1 atom stereocenters. The first-order chi connectivity index (χ1) is 10.5. The first-order valence-electron chi connectivity index (χ1n) is 6.86. The average Bonchev–Trinajstić information content (AvgIpc) is 2.87. The van der Waals surface area contributed by atoms with E-state index in [9.17, 15) is 24.6 Å². The molecule has 23 heavy (non-hydrogen) atoms. The first kappa shape index (κ1) is 15.2. The van der Waals surface area contributed by atoms with E-state index in [2.05, 4.69) is 0 Å². The summed E-state index contributed by atoms with van der Waals surface area (Å²) in [6.07, 6.45) is 3.00. The Balaban J connectivity index is 2.33. The van der Waals surface area contributed by atoms with Crippen LogP contribution in [0.15, 0.2) is 16.1 Å². The maximum absolute atomic E-state index is 11.7. The highest BCUT2D eigenvalue weighted by molar-refractivity contribution is 6.57. The van der Waals surface area contributed by atoms with Gasteiger partial charge in [-0.05, 0) is 5.41 Å². The zero-order valence-corrected chi connectivity index (χ0v) is 12.7. The number of carbonyl (C=O) groups excluding carboxylic acids is 3. The summed E-state index contributed by atoms with van der Waals surface area (Å²) in [7, 11) is 0. The van der Waals surface area contributed by atoms with Crippen molar-refractivity contribution in [2.75, 3.05) is 0 Å². The highest BCUT2D eigenvalue weighted by atomic mass is 16.7. The van der Waals surface area contributed by atoms with Gasteiger partial charge in [0.2, 0.25) is 11.6 Å². The lowest BCUT2D eigenvalue weighted by Crippen LogP contribution is -2.42. The predicted molar refractivity (Wildman–Crippen MR) is 76.1 cm³/mol. The van der Waals surface area contributed by atoms with Crippen LogP contribution < -0.4 is 10.6 Å². The summed E-state index contributed by atoms with van der Waals surface area (Å²) < 4.78 is 10.1. The number of ketones is 2. The van der Waals surface area contributed by atoms with Gasteiger partial charge in [0.05, 0.1) is 0 Å². The fourth-order valence-corrected chi connectivity index (χ4v) is 2.78. The van der Waals surface area contributed by atoms with Crippen molar-refractivity contribution in [1.82, 2.24) is 0 Å². The molecule has 1 aliphatic carbocycles. The molecule has 120 valence electrons. The molecule has 7 nitrogen and oxygen atoms in total. The van der Waals surface area contributed by atoms with E-state index >= 15 is 0 Å². The lowest BCUT2D eigenvalue weighted by atomic mass is 9.79. The number of hydrogen-bond donors (Lipinski definition) is 2. The lowest BCUT2D eigenvalue weighted by Gasteiger charge is -2.31. The van der Waals surface area contributed by atoms with Crippen LogP contribution in [0.2, 0.25) is 0 Å². The molecular formula is C16H14O7. The molecule has 1 unspecified atom stereocenters. The third-order valence-corrected chi connectivity index (χ3v) is 3.76. The number of ether oxygens (including phenoxy) is 1. The Kier molecular flexibility index (Phi) is 2.93. The summed E-state index contributed by atoms with van der Waals surface area (Å²) in [6, 6.07) is 0. The average molecular weight is 318 g/mol. The van der Waals surface area contributed by atoms with Crippen molar-refractivity contribution < 1.29 is 33.8 Å². The Hall–Kier alpha value is -2.67. The lowest BCUT2D eigenvalue weighted by molar-refractivity contribution is -0.189. The van der Waals surface area contributed by atoms with Gasteiger partial charge in [0.25, 0.3) is 11.7 Å². The van der Waals surface area contributed by atoms with E-state index in [4.69, 9.17) is 9.15 Å². The predicted octanol–water partition coefficient (Wildman–Crippen LogP) is -0.628. The van der Waals surface area contributed by atoms with E-state index < -0.39 is 34.7 Å². The minimum absolute atomic E-state index is 0.0134. The van der Waals surface area contributed by atoms with Crippen LogP contribution in [0.1, 0.15) is 26.3 Å². The standard InChI is InChI=1S/C16H14O7/c1-15(2,3)11-6-12(19)23-16(11,21)13-7-4-8(17)9(18)5-10(7)22-14(13)20/h4-6,20-21H,1-3H3. The number of carbonyl (C=O) groups is 3. The van der Waals surface area contributed by atoms with Gasteiger partial charge in [-0.15, -0.1) is 0 Å². The van der Waals surface area contributed by atoms with Gasteiger partial charge in [-0.3, -0.25) is 9.59 Å². The molecule has 0 saturated carbocycles. The molecular weight excluding hydrogens is 304 g/mol. The molecule has 0 amide bonds. The molecule has 0 spiro atoms. The second-order valence-electron chi connectivity index (χ2n) is 6.45. The highest BCUT2D eigenvalue weighted by Gasteiger charge is 2.51. The van der Waals surface area contributed by atoms with Crippen molar-refractivity contribution in [2.45, 2.75) is 26.6 Å². The van der Waals surface area contributed by atoms with Crippen LogP contribution in [-0.2, 0) is 24.9 Å². The molecule has 1 aliphatic heterocycles. The number of esters is 1. The first-order valence-corrected chi connectivity index (χ1v) is 6.86. The molecule has 1 aromatic rings. The van der Waals surface area contributed by atoms with Crippen molar-refractivity contribution in [2.24, 2.45) is 5.41 Å². The third kappa shape index (κ3) is 2.12. The Morgan fingerprint density at radius 3 is 2.26 bits per heavy atom. The summed E-state index contributed by atoms with van der Waals surface area (Å²) in [6.45, 7) is 5.25. The van der Waals surface area contributed by atoms with E-state index in [1.54, 1.807) is 20.8 Å². The molecule has 2 N–H and O–H groups in total. The molecule has 0 saturated heterocycles. The van der Waals surface area contributed by atoms with Crippen molar-refractivity contribution in [1.29, 1.82) is 0 Å². The number of rotatable bonds is 1. The van der Waals surface area contributed by atoms with E-state index in [0.717, 1.165) is 18.2 Å². The summed E-state index contributed by atoms with van der Waals surface area (Å²) in [4.78, 5) is 34.7. The molecule has 1 aromatic heterocycles. The van der Waals surface area contributed by atoms with E-state index in [0.29, 0.717) is 0 Å². The Morgan fingerprint density at radius 1 is 1.04 bits per heavy atom. The van der Waals surface area contributed by atoms with Gasteiger partial charge >= 0.3 is 5.97 Å². The normalized spacial score (nSPS) is 23.8. The SMILES string of the molecule is CC(C)(C)C1=CC(=O)OC1(O)c1c(O)oc2c1=CC(=O)C(=O)C=2. The topological polar surface area (TPSA) is 114 Å². The highest BCUT2D eigenvalue weighted by Crippen LogP contribution is 2.46. The molecule has 7 heteroatoms. The molecule has 0 fully saturated rings. The molecule has 0 bridgehead atoms. The maximum Gasteiger partial charge on any atom is 0.334 e. The smallest absolute Gasteiger partial charge is 0.334 e. The Bertz CT molecular complexity index is 907. The third-order valence-electron chi connectivity index (χ3n) is 3.76. The van der Waals surface area contributed by atoms with Crippen molar-refractivity contribution in [3.8, 4) is 5.95 Å². The Labute approximate surface area is 130 Å². The van der Waals surface area contributed by atoms with Gasteiger partial charge in [-0.1, -0.05) is 20.8 Å². The van der Waals surface area contributed by atoms with Crippen LogP contribution >= 0.6 is 0 Å². The van der Waals surface area contributed by atoms with Gasteiger partial charge in [0.15, 0.2) is 0 Å². The van der Waals surface area contributed by atoms with E-state index in [1.165, 1.54) is 0 Å². The number of fused-ring (bicyclic) bond motifs is 1. The molecule has 0 aromatic carbocycles. The number of furan rings is 1.